The van der Waals surface area contributed by atoms with Crippen LogP contribution in [0.25, 0.3) is 0 Å². The van der Waals surface area contributed by atoms with Crippen molar-refractivity contribution < 1.29 is 27.1 Å². The number of ether oxygens (including phenoxy) is 2. The molecule has 3 aliphatic rings. The molecule has 5 rings (SSSR count). The van der Waals surface area contributed by atoms with E-state index in [9.17, 15) is 13.2 Å². The van der Waals surface area contributed by atoms with Crippen LogP contribution in [0.2, 0.25) is 18.1 Å². The zero-order valence-corrected chi connectivity index (χ0v) is 29.5. The molecule has 1 aliphatic carbocycles. The fraction of sp³-hybridized carbons (Fsp3) is 0.667. The normalized spacial score (nSPS) is 27.8. The van der Waals surface area contributed by atoms with Gasteiger partial charge >= 0.3 is 6.18 Å². The molecular formula is C33H45F3INO3Si. The standard InChI is InChI=1S/C33H45F3INO3Si/c1-19(2)28-26-27(25-22(38-28)16-31(6,7)17-23(25)41-42(8,9)30(3,4)5)32(14-15-39-18-24(32)37)40-29(26)20-10-12-21(13-11-20)33(34,35)36/h10-13,19,23-24,29H,14-18H2,1-9H3/t23?,24?,29-,32?/m1/s1. The van der Waals surface area contributed by atoms with Crippen molar-refractivity contribution in [2.75, 3.05) is 13.2 Å². The lowest BCUT2D eigenvalue weighted by atomic mass is 9.70. The number of rotatable bonds is 4. The maximum Gasteiger partial charge on any atom is 0.416 e. The zero-order valence-electron chi connectivity index (χ0n) is 26.3. The summed E-state index contributed by atoms with van der Waals surface area (Å²) in [7, 11) is -2.18. The maximum absolute atomic E-state index is 13.5. The first kappa shape index (κ1) is 32.4. The van der Waals surface area contributed by atoms with E-state index in [1.165, 1.54) is 17.7 Å². The molecule has 1 aromatic carbocycles. The van der Waals surface area contributed by atoms with Crippen molar-refractivity contribution in [3.8, 4) is 0 Å². The van der Waals surface area contributed by atoms with Gasteiger partial charge in [0.25, 0.3) is 0 Å². The molecule has 4 nitrogen and oxygen atoms in total. The van der Waals surface area contributed by atoms with Crippen molar-refractivity contribution in [2.24, 2.45) is 5.41 Å². The molecule has 4 atom stereocenters. The third-order valence-electron chi connectivity index (χ3n) is 9.82. The number of hydrogen-bond acceptors (Lipinski definition) is 4. The molecule has 1 aromatic heterocycles. The highest BCUT2D eigenvalue weighted by Crippen LogP contribution is 2.60. The summed E-state index contributed by atoms with van der Waals surface area (Å²) in [4.78, 5) is 5.40. The van der Waals surface area contributed by atoms with Crippen LogP contribution < -0.4 is 0 Å². The number of fused-ring (bicyclic) bond motifs is 4. The second-order valence-corrected chi connectivity index (χ2v) is 21.3. The van der Waals surface area contributed by atoms with Crippen LogP contribution in [0, 0.1) is 5.41 Å². The Morgan fingerprint density at radius 3 is 2.26 bits per heavy atom. The Labute approximate surface area is 263 Å². The van der Waals surface area contributed by atoms with Crippen molar-refractivity contribution >= 4 is 30.9 Å². The Bertz CT molecular complexity index is 1340. The second-order valence-electron chi connectivity index (χ2n) is 15.0. The van der Waals surface area contributed by atoms with Gasteiger partial charge in [0, 0.05) is 41.1 Å². The fourth-order valence-corrected chi connectivity index (χ4v) is 8.90. The Hall–Kier alpha value is -1.01. The van der Waals surface area contributed by atoms with Gasteiger partial charge in [0.15, 0.2) is 8.32 Å². The first-order chi connectivity index (χ1) is 19.3. The molecule has 0 amide bonds. The van der Waals surface area contributed by atoms with Gasteiger partial charge in [-0.1, -0.05) is 83.2 Å². The summed E-state index contributed by atoms with van der Waals surface area (Å²) in [6, 6.07) is 5.49. The van der Waals surface area contributed by atoms with Gasteiger partial charge in [-0.25, -0.2) is 0 Å². The lowest BCUT2D eigenvalue weighted by Gasteiger charge is -2.47. The Balaban J connectivity index is 1.79. The smallest absolute Gasteiger partial charge is 0.410 e. The van der Waals surface area contributed by atoms with Crippen molar-refractivity contribution in [3.05, 3.63) is 63.5 Å². The summed E-state index contributed by atoms with van der Waals surface area (Å²) in [5.74, 6) is 0.108. The predicted octanol–water partition coefficient (Wildman–Crippen LogP) is 9.80. The molecule has 0 N–H and O–H groups in total. The van der Waals surface area contributed by atoms with Crippen LogP contribution in [0.5, 0.6) is 0 Å². The molecular weight excluding hydrogens is 670 g/mol. The van der Waals surface area contributed by atoms with E-state index in [4.69, 9.17) is 18.9 Å². The summed E-state index contributed by atoms with van der Waals surface area (Å²) in [5.41, 5.74) is 4.85. The highest BCUT2D eigenvalue weighted by molar-refractivity contribution is 14.1. The number of nitrogens with zero attached hydrogens (tertiary/aromatic N) is 1. The summed E-state index contributed by atoms with van der Waals surface area (Å²) in [6.45, 7) is 21.4. The third kappa shape index (κ3) is 5.63. The molecule has 42 heavy (non-hydrogen) atoms. The molecule has 3 unspecified atom stereocenters. The largest absolute Gasteiger partial charge is 0.416 e. The van der Waals surface area contributed by atoms with Crippen molar-refractivity contribution in [1.29, 1.82) is 0 Å². The van der Waals surface area contributed by atoms with E-state index in [1.807, 2.05) is 0 Å². The minimum atomic E-state index is -4.40. The van der Waals surface area contributed by atoms with Crippen LogP contribution in [-0.2, 0) is 32.1 Å². The van der Waals surface area contributed by atoms with Crippen molar-refractivity contribution in [2.45, 2.75) is 120 Å². The number of benzene rings is 1. The van der Waals surface area contributed by atoms with Crippen LogP contribution in [0.15, 0.2) is 24.3 Å². The fourth-order valence-electron chi connectivity index (χ4n) is 6.61. The van der Waals surface area contributed by atoms with E-state index in [0.717, 1.165) is 40.9 Å². The quantitative estimate of drug-likeness (QED) is 0.180. The zero-order chi connectivity index (χ0) is 31.0. The van der Waals surface area contributed by atoms with Gasteiger partial charge in [-0.05, 0) is 60.0 Å². The summed E-state index contributed by atoms with van der Waals surface area (Å²) in [6.07, 6.45) is -2.65. The second kappa shape index (κ2) is 10.8. The van der Waals surface area contributed by atoms with Gasteiger partial charge in [-0.2, -0.15) is 13.2 Å². The Morgan fingerprint density at radius 2 is 1.71 bits per heavy atom. The van der Waals surface area contributed by atoms with E-state index < -0.39 is 31.8 Å². The highest BCUT2D eigenvalue weighted by Gasteiger charge is 2.56. The average Bonchev–Trinajstić information content (AvgIpc) is 3.18. The van der Waals surface area contributed by atoms with Gasteiger partial charge in [-0.3, -0.25) is 4.98 Å². The van der Waals surface area contributed by atoms with Gasteiger partial charge in [-0.15, -0.1) is 0 Å². The van der Waals surface area contributed by atoms with Gasteiger partial charge in [0.05, 0.1) is 22.2 Å². The van der Waals surface area contributed by atoms with E-state index >= 15 is 0 Å². The number of alkyl halides is 4. The molecule has 3 heterocycles. The lowest BCUT2D eigenvalue weighted by Crippen LogP contribution is -2.47. The van der Waals surface area contributed by atoms with Crippen LogP contribution in [0.1, 0.15) is 119 Å². The molecule has 9 heteroatoms. The van der Waals surface area contributed by atoms with E-state index in [0.29, 0.717) is 19.6 Å². The lowest BCUT2D eigenvalue weighted by molar-refractivity contribution is -0.137. The van der Waals surface area contributed by atoms with E-state index in [-0.39, 0.29) is 26.4 Å². The Kier molecular flexibility index (Phi) is 8.33. The average molecular weight is 716 g/mol. The maximum atomic E-state index is 13.5. The van der Waals surface area contributed by atoms with Crippen LogP contribution >= 0.6 is 22.6 Å². The van der Waals surface area contributed by atoms with Crippen LogP contribution in [-0.4, -0.2) is 30.4 Å². The van der Waals surface area contributed by atoms with Crippen LogP contribution in [0.4, 0.5) is 13.2 Å². The van der Waals surface area contributed by atoms with Gasteiger partial charge in [0.2, 0.25) is 0 Å². The number of pyridine rings is 1. The van der Waals surface area contributed by atoms with Crippen LogP contribution in [0.3, 0.4) is 0 Å². The number of halogens is 4. The first-order valence-corrected chi connectivity index (χ1v) is 19.2. The molecule has 1 spiro atoms. The minimum absolute atomic E-state index is 0.00830. The third-order valence-corrected chi connectivity index (χ3v) is 15.7. The molecule has 2 aliphatic heterocycles. The first-order valence-electron chi connectivity index (χ1n) is 15.1. The molecule has 232 valence electrons. The van der Waals surface area contributed by atoms with Crippen molar-refractivity contribution in [1.82, 2.24) is 4.98 Å². The molecule has 2 aromatic rings. The van der Waals surface area contributed by atoms with E-state index in [2.05, 4.69) is 84.2 Å². The minimum Gasteiger partial charge on any atom is -0.410 e. The summed E-state index contributed by atoms with van der Waals surface area (Å²) in [5, 5.41) is 0.0324. The predicted molar refractivity (Wildman–Crippen MR) is 171 cm³/mol. The Morgan fingerprint density at radius 1 is 1.07 bits per heavy atom. The summed E-state index contributed by atoms with van der Waals surface area (Å²) < 4.78 is 60.9. The monoisotopic (exact) mass is 715 g/mol. The highest BCUT2D eigenvalue weighted by atomic mass is 127. The molecule has 1 fully saturated rings. The SMILES string of the molecule is CC(C)c1nc2c(c3c1[C@@H](c1ccc(C(F)(F)F)cc1)OC31CCOCC1I)C(O[Si](C)(C)C(C)(C)C)CC(C)(C)C2. The van der Waals surface area contributed by atoms with Crippen molar-refractivity contribution in [3.63, 3.8) is 0 Å². The van der Waals surface area contributed by atoms with E-state index in [1.54, 1.807) is 12.1 Å². The van der Waals surface area contributed by atoms with Gasteiger partial charge in [0.1, 0.15) is 11.7 Å². The number of hydrogen-bond donors (Lipinski definition) is 0. The van der Waals surface area contributed by atoms with Gasteiger partial charge < -0.3 is 13.9 Å². The summed E-state index contributed by atoms with van der Waals surface area (Å²) >= 11 is 2.46. The molecule has 0 saturated carbocycles. The molecule has 0 bridgehead atoms. The molecule has 1 saturated heterocycles. The number of aromatic nitrogens is 1. The molecule has 0 radical (unpaired) electrons. The topological polar surface area (TPSA) is 40.6 Å².